The average Bonchev–Trinajstić information content (AvgIpc) is 3.20. The Balaban J connectivity index is 1.62. The highest BCUT2D eigenvalue weighted by Crippen LogP contribution is 2.25. The van der Waals surface area contributed by atoms with Gasteiger partial charge in [0, 0.05) is 23.0 Å². The topological polar surface area (TPSA) is 111 Å². The molecule has 2 N–H and O–H groups in total. The molecule has 0 aliphatic heterocycles. The highest BCUT2D eigenvalue weighted by molar-refractivity contribution is 7.17. The summed E-state index contributed by atoms with van der Waals surface area (Å²) in [4.78, 5) is 34.8. The van der Waals surface area contributed by atoms with Crippen LogP contribution in [-0.2, 0) is 0 Å². The summed E-state index contributed by atoms with van der Waals surface area (Å²) in [5, 5.41) is 16.0. The van der Waals surface area contributed by atoms with E-state index in [1.165, 1.54) is 12.1 Å². The smallest absolute Gasteiger partial charge is 0.324 e. The first kappa shape index (κ1) is 19.1. The number of nitrogens with one attached hydrogen (secondary N) is 2. The van der Waals surface area contributed by atoms with Crippen LogP contribution in [0.3, 0.4) is 0 Å². The Bertz CT molecular complexity index is 1010. The van der Waals surface area contributed by atoms with Gasteiger partial charge >= 0.3 is 5.00 Å². The summed E-state index contributed by atoms with van der Waals surface area (Å²) in [5.74, 6) is -0.0559. The van der Waals surface area contributed by atoms with Crippen molar-refractivity contribution in [1.82, 2.24) is 0 Å². The normalized spacial score (nSPS) is 10.2. The lowest BCUT2D eigenvalue weighted by molar-refractivity contribution is -0.380. The van der Waals surface area contributed by atoms with Gasteiger partial charge in [-0.3, -0.25) is 19.7 Å². The highest BCUT2D eigenvalue weighted by Gasteiger charge is 2.15. The molecule has 3 aromatic rings. The summed E-state index contributed by atoms with van der Waals surface area (Å²) >= 11 is 0.796. The molecule has 0 saturated carbocycles. The van der Waals surface area contributed by atoms with Crippen LogP contribution < -0.4 is 15.4 Å². The third kappa shape index (κ3) is 4.51. The minimum Gasteiger partial charge on any atom is -0.497 e. The van der Waals surface area contributed by atoms with Gasteiger partial charge in [0.15, 0.2) is 0 Å². The zero-order chi connectivity index (χ0) is 20.1. The van der Waals surface area contributed by atoms with E-state index in [4.69, 9.17) is 4.74 Å². The predicted molar refractivity (Wildman–Crippen MR) is 106 cm³/mol. The predicted octanol–water partition coefficient (Wildman–Crippen LogP) is 4.17. The van der Waals surface area contributed by atoms with E-state index in [2.05, 4.69) is 10.6 Å². The van der Waals surface area contributed by atoms with Crippen molar-refractivity contribution in [2.45, 2.75) is 0 Å². The number of methoxy groups -OCH3 is 1. The van der Waals surface area contributed by atoms with Crippen LogP contribution in [0.4, 0.5) is 16.4 Å². The Labute approximate surface area is 163 Å². The first-order valence-corrected chi connectivity index (χ1v) is 8.89. The van der Waals surface area contributed by atoms with E-state index >= 15 is 0 Å². The number of nitro groups is 1. The molecule has 0 atom stereocenters. The third-order valence-electron chi connectivity index (χ3n) is 3.75. The number of anilines is 2. The average molecular weight is 397 g/mol. The molecular formula is C19H15N3O5S. The van der Waals surface area contributed by atoms with Gasteiger partial charge < -0.3 is 15.4 Å². The zero-order valence-electron chi connectivity index (χ0n) is 14.7. The molecule has 0 fully saturated rings. The number of amides is 2. The molecule has 0 saturated heterocycles. The van der Waals surface area contributed by atoms with Gasteiger partial charge in [-0.15, -0.1) is 0 Å². The van der Waals surface area contributed by atoms with E-state index in [-0.39, 0.29) is 15.8 Å². The lowest BCUT2D eigenvalue weighted by atomic mass is 10.2. The van der Waals surface area contributed by atoms with Gasteiger partial charge in [0.25, 0.3) is 11.8 Å². The summed E-state index contributed by atoms with van der Waals surface area (Å²) in [5.41, 5.74) is 1.52. The molecule has 0 bridgehead atoms. The zero-order valence-corrected chi connectivity index (χ0v) is 15.5. The van der Waals surface area contributed by atoms with Crippen molar-refractivity contribution in [2.24, 2.45) is 0 Å². The van der Waals surface area contributed by atoms with Crippen molar-refractivity contribution in [1.29, 1.82) is 0 Å². The van der Waals surface area contributed by atoms with Crippen molar-refractivity contribution in [3.63, 3.8) is 0 Å². The van der Waals surface area contributed by atoms with E-state index in [0.717, 1.165) is 11.3 Å². The summed E-state index contributed by atoms with van der Waals surface area (Å²) in [6.45, 7) is 0. The summed E-state index contributed by atoms with van der Waals surface area (Å²) in [6.07, 6.45) is 0. The minimum atomic E-state index is -0.544. The van der Waals surface area contributed by atoms with E-state index in [9.17, 15) is 19.7 Å². The van der Waals surface area contributed by atoms with Crippen LogP contribution in [0.1, 0.15) is 20.0 Å². The van der Waals surface area contributed by atoms with E-state index < -0.39 is 10.8 Å². The van der Waals surface area contributed by atoms with E-state index in [0.29, 0.717) is 22.7 Å². The van der Waals surface area contributed by atoms with Crippen molar-refractivity contribution >= 4 is 39.5 Å². The van der Waals surface area contributed by atoms with Gasteiger partial charge in [-0.25, -0.2) is 0 Å². The van der Waals surface area contributed by atoms with Crippen LogP contribution in [0, 0.1) is 10.1 Å². The van der Waals surface area contributed by atoms with Crippen molar-refractivity contribution in [2.75, 3.05) is 17.7 Å². The lowest BCUT2D eigenvalue weighted by Crippen LogP contribution is -2.13. The van der Waals surface area contributed by atoms with Crippen molar-refractivity contribution in [3.05, 3.63) is 81.2 Å². The largest absolute Gasteiger partial charge is 0.497 e. The van der Waals surface area contributed by atoms with Crippen LogP contribution in [-0.4, -0.2) is 23.8 Å². The monoisotopic (exact) mass is 397 g/mol. The number of thiophene rings is 1. The van der Waals surface area contributed by atoms with Crippen LogP contribution in [0.5, 0.6) is 5.75 Å². The molecule has 1 aromatic heterocycles. The second kappa shape index (κ2) is 8.31. The fourth-order valence-electron chi connectivity index (χ4n) is 2.32. The minimum absolute atomic E-state index is 0.101. The fourth-order valence-corrected chi connectivity index (χ4v) is 3.04. The first-order valence-electron chi connectivity index (χ1n) is 8.07. The molecule has 142 valence electrons. The third-order valence-corrected chi connectivity index (χ3v) is 4.78. The second-order valence-electron chi connectivity index (χ2n) is 5.61. The van der Waals surface area contributed by atoms with Crippen LogP contribution in [0.15, 0.2) is 60.7 Å². The molecule has 0 unspecified atom stereocenters. The molecule has 9 heteroatoms. The van der Waals surface area contributed by atoms with Crippen LogP contribution in [0.25, 0.3) is 0 Å². The van der Waals surface area contributed by atoms with Crippen molar-refractivity contribution < 1.29 is 19.2 Å². The van der Waals surface area contributed by atoms with Gasteiger partial charge in [-0.1, -0.05) is 11.3 Å². The molecule has 0 radical (unpaired) electrons. The number of carbonyl (C=O) groups excluding carboxylic acids is 2. The van der Waals surface area contributed by atoms with Gasteiger partial charge in [0.05, 0.1) is 16.9 Å². The highest BCUT2D eigenvalue weighted by atomic mass is 32.1. The molecule has 1 heterocycles. The maximum Gasteiger partial charge on any atom is 0.324 e. The molecule has 2 amide bonds. The number of rotatable bonds is 6. The summed E-state index contributed by atoms with van der Waals surface area (Å²) in [7, 11) is 1.56. The van der Waals surface area contributed by atoms with Crippen LogP contribution >= 0.6 is 11.3 Å². The first-order chi connectivity index (χ1) is 13.5. The van der Waals surface area contributed by atoms with Crippen molar-refractivity contribution in [3.8, 4) is 5.75 Å². The lowest BCUT2D eigenvalue weighted by Gasteiger charge is -2.08. The van der Waals surface area contributed by atoms with Gasteiger partial charge in [-0.05, 0) is 54.6 Å². The number of ether oxygens (including phenoxy) is 1. The Kier molecular flexibility index (Phi) is 5.66. The molecular weight excluding hydrogens is 382 g/mol. The van der Waals surface area contributed by atoms with E-state index in [1.54, 1.807) is 55.6 Å². The molecule has 0 spiro atoms. The Morgan fingerprint density at radius 3 is 2.00 bits per heavy atom. The van der Waals surface area contributed by atoms with Gasteiger partial charge in [0.2, 0.25) is 0 Å². The van der Waals surface area contributed by atoms with E-state index in [1.807, 2.05) is 0 Å². The molecule has 0 aliphatic carbocycles. The Hall–Kier alpha value is -3.72. The quantitative estimate of drug-likeness (QED) is 0.479. The fraction of sp³-hybridized carbons (Fsp3) is 0.0526. The standard InChI is InChI=1S/C19H15N3O5S/c1-27-15-8-6-14(7-9-15)20-18(23)12-2-4-13(5-3-12)21-19(24)16-10-11-17(28-16)22(25)26/h2-11H,1H3,(H,20,23)(H,21,24). The number of benzene rings is 2. The maximum absolute atomic E-state index is 12.3. The number of hydrogen-bond donors (Lipinski definition) is 2. The molecule has 2 aromatic carbocycles. The number of hydrogen-bond acceptors (Lipinski definition) is 6. The van der Waals surface area contributed by atoms with Gasteiger partial charge in [-0.2, -0.15) is 0 Å². The molecule has 8 nitrogen and oxygen atoms in total. The summed E-state index contributed by atoms with van der Waals surface area (Å²) in [6, 6.07) is 15.9. The second-order valence-corrected chi connectivity index (χ2v) is 6.67. The number of nitrogens with zero attached hydrogens (tertiary/aromatic N) is 1. The molecule has 3 rings (SSSR count). The Morgan fingerprint density at radius 2 is 1.46 bits per heavy atom. The Morgan fingerprint density at radius 1 is 0.893 bits per heavy atom. The molecule has 28 heavy (non-hydrogen) atoms. The van der Waals surface area contributed by atoms with Crippen LogP contribution in [0.2, 0.25) is 0 Å². The maximum atomic E-state index is 12.3. The summed E-state index contributed by atoms with van der Waals surface area (Å²) < 4.78 is 5.07. The van der Waals surface area contributed by atoms with Gasteiger partial charge in [0.1, 0.15) is 5.75 Å². The number of carbonyl (C=O) groups is 2. The molecule has 0 aliphatic rings. The SMILES string of the molecule is COc1ccc(NC(=O)c2ccc(NC(=O)c3ccc([N+](=O)[O-])s3)cc2)cc1.